The summed E-state index contributed by atoms with van der Waals surface area (Å²) in [7, 11) is 0. The van der Waals surface area contributed by atoms with Crippen molar-refractivity contribution in [1.29, 1.82) is 0 Å². The van der Waals surface area contributed by atoms with Gasteiger partial charge in [-0.3, -0.25) is 4.68 Å². The summed E-state index contributed by atoms with van der Waals surface area (Å²) in [5.41, 5.74) is -1.07. The Balaban J connectivity index is 2.33. The van der Waals surface area contributed by atoms with Gasteiger partial charge in [-0.25, -0.2) is 14.4 Å². The zero-order chi connectivity index (χ0) is 23.6. The van der Waals surface area contributed by atoms with E-state index in [-0.39, 0.29) is 25.4 Å². The maximum Gasteiger partial charge on any atom is 0.410 e. The highest BCUT2D eigenvalue weighted by Gasteiger charge is 2.42. The van der Waals surface area contributed by atoms with Crippen LogP contribution >= 0.6 is 22.6 Å². The lowest BCUT2D eigenvalue weighted by Gasteiger charge is -2.25. The Labute approximate surface area is 196 Å². The molecule has 0 unspecified atom stereocenters. The van der Waals surface area contributed by atoms with Crippen molar-refractivity contribution >= 4 is 40.7 Å². The van der Waals surface area contributed by atoms with Gasteiger partial charge in [-0.1, -0.05) is 0 Å². The third-order valence-electron chi connectivity index (χ3n) is 4.18. The highest BCUT2D eigenvalue weighted by molar-refractivity contribution is 14.1. The molecular formula is C20H31IN4O6. The smallest absolute Gasteiger partial charge is 0.410 e. The molecule has 0 aliphatic carbocycles. The molecular weight excluding hydrogens is 519 g/mol. The standard InChI is InChI=1S/C20H31IN4O6/c1-8-29-16(26)15-12(21)9-22-25(15)14-11-24(18(28)31-20(5,6)7)10-13(14)23-17(27)30-19(2,3)4/h9,13-14H,8,10-11H2,1-7H3,(H,23,27)/t13-,14-/m1/s1. The second kappa shape index (κ2) is 9.61. The lowest BCUT2D eigenvalue weighted by molar-refractivity contribution is 0.0279. The van der Waals surface area contributed by atoms with Crippen LogP contribution in [0.5, 0.6) is 0 Å². The van der Waals surface area contributed by atoms with Crippen molar-refractivity contribution in [3.05, 3.63) is 15.5 Å². The number of aromatic nitrogens is 2. The number of alkyl carbamates (subject to hydrolysis) is 1. The summed E-state index contributed by atoms with van der Waals surface area (Å²) < 4.78 is 18.1. The monoisotopic (exact) mass is 550 g/mol. The number of hydrogen-bond donors (Lipinski definition) is 1. The van der Waals surface area contributed by atoms with Gasteiger partial charge in [0, 0.05) is 13.1 Å². The molecule has 2 heterocycles. The summed E-state index contributed by atoms with van der Waals surface area (Å²) >= 11 is 2.01. The van der Waals surface area contributed by atoms with Crippen LogP contribution in [0.2, 0.25) is 0 Å². The van der Waals surface area contributed by atoms with Gasteiger partial charge in [-0.15, -0.1) is 0 Å². The van der Waals surface area contributed by atoms with E-state index in [1.165, 1.54) is 9.58 Å². The molecule has 1 saturated heterocycles. The number of nitrogens with zero attached hydrogens (tertiary/aromatic N) is 3. The molecule has 2 rings (SSSR count). The van der Waals surface area contributed by atoms with Gasteiger partial charge in [0.1, 0.15) is 11.2 Å². The van der Waals surface area contributed by atoms with Gasteiger partial charge in [-0.2, -0.15) is 5.10 Å². The van der Waals surface area contributed by atoms with E-state index in [1.54, 1.807) is 54.7 Å². The molecule has 1 aliphatic heterocycles. The molecule has 174 valence electrons. The van der Waals surface area contributed by atoms with Crippen molar-refractivity contribution in [3.8, 4) is 0 Å². The quantitative estimate of drug-likeness (QED) is 0.348. The Morgan fingerprint density at radius 1 is 1.13 bits per heavy atom. The van der Waals surface area contributed by atoms with Crippen LogP contribution in [-0.2, 0) is 14.2 Å². The summed E-state index contributed by atoms with van der Waals surface area (Å²) in [6.07, 6.45) is 0.423. The molecule has 1 aliphatic rings. The highest BCUT2D eigenvalue weighted by atomic mass is 127. The Morgan fingerprint density at radius 3 is 2.29 bits per heavy atom. The topological polar surface area (TPSA) is 112 Å². The fraction of sp³-hybridized carbons (Fsp3) is 0.700. The minimum Gasteiger partial charge on any atom is -0.461 e. The molecule has 0 bridgehead atoms. The van der Waals surface area contributed by atoms with Crippen LogP contribution in [0.4, 0.5) is 9.59 Å². The number of carbonyl (C=O) groups is 3. The van der Waals surface area contributed by atoms with Crippen molar-refractivity contribution in [2.75, 3.05) is 19.7 Å². The highest BCUT2D eigenvalue weighted by Crippen LogP contribution is 2.27. The first-order valence-electron chi connectivity index (χ1n) is 10.1. The summed E-state index contributed by atoms with van der Waals surface area (Å²) in [6, 6.07) is -1.06. The van der Waals surface area contributed by atoms with Crippen LogP contribution in [0, 0.1) is 3.57 Å². The minimum atomic E-state index is -0.680. The maximum absolute atomic E-state index is 12.7. The van der Waals surface area contributed by atoms with Crippen molar-refractivity contribution in [2.24, 2.45) is 0 Å². The molecule has 11 heteroatoms. The molecule has 2 amide bonds. The summed E-state index contributed by atoms with van der Waals surface area (Å²) in [5.74, 6) is -0.517. The van der Waals surface area contributed by atoms with E-state index in [0.717, 1.165) is 0 Å². The maximum atomic E-state index is 12.7. The van der Waals surface area contributed by atoms with E-state index in [0.29, 0.717) is 3.57 Å². The van der Waals surface area contributed by atoms with E-state index in [9.17, 15) is 14.4 Å². The molecule has 31 heavy (non-hydrogen) atoms. The molecule has 1 N–H and O–H groups in total. The zero-order valence-corrected chi connectivity index (χ0v) is 21.2. The van der Waals surface area contributed by atoms with Crippen LogP contribution in [0.1, 0.15) is 65.0 Å². The van der Waals surface area contributed by atoms with E-state index in [4.69, 9.17) is 14.2 Å². The van der Waals surface area contributed by atoms with Crippen LogP contribution in [0.3, 0.4) is 0 Å². The van der Waals surface area contributed by atoms with Gasteiger partial charge in [0.25, 0.3) is 0 Å². The first-order chi connectivity index (χ1) is 14.2. The summed E-state index contributed by atoms with van der Waals surface area (Å²) in [5, 5.41) is 7.15. The molecule has 0 saturated carbocycles. The number of esters is 1. The number of rotatable bonds is 4. The zero-order valence-electron chi connectivity index (χ0n) is 19.0. The Hall–Kier alpha value is -2.05. The molecule has 2 atom stereocenters. The van der Waals surface area contributed by atoms with Crippen molar-refractivity contribution in [2.45, 2.75) is 71.8 Å². The number of ether oxygens (including phenoxy) is 3. The van der Waals surface area contributed by atoms with Crippen molar-refractivity contribution in [1.82, 2.24) is 20.0 Å². The predicted molar refractivity (Wildman–Crippen MR) is 121 cm³/mol. The summed E-state index contributed by atoms with van der Waals surface area (Å²) in [6.45, 7) is 12.9. The molecule has 0 spiro atoms. The lowest BCUT2D eigenvalue weighted by Crippen LogP contribution is -2.44. The van der Waals surface area contributed by atoms with Crippen molar-refractivity contribution < 1.29 is 28.6 Å². The Bertz CT molecular complexity index is 827. The minimum absolute atomic E-state index is 0.178. The molecule has 1 aromatic heterocycles. The van der Waals surface area contributed by atoms with E-state index < -0.39 is 41.4 Å². The first kappa shape index (κ1) is 25.2. The van der Waals surface area contributed by atoms with E-state index >= 15 is 0 Å². The average molecular weight is 550 g/mol. The van der Waals surface area contributed by atoms with Gasteiger partial charge >= 0.3 is 18.2 Å². The largest absolute Gasteiger partial charge is 0.461 e. The predicted octanol–water partition coefficient (Wildman–Crippen LogP) is 3.35. The van der Waals surface area contributed by atoms with Gasteiger partial charge in [0.15, 0.2) is 5.69 Å². The Kier molecular flexibility index (Phi) is 7.82. The molecule has 0 radical (unpaired) electrons. The third kappa shape index (κ3) is 6.97. The van der Waals surface area contributed by atoms with Gasteiger partial charge in [-0.05, 0) is 71.1 Å². The fourth-order valence-electron chi connectivity index (χ4n) is 3.09. The van der Waals surface area contributed by atoms with E-state index in [2.05, 4.69) is 10.4 Å². The van der Waals surface area contributed by atoms with Crippen molar-refractivity contribution in [3.63, 3.8) is 0 Å². The SMILES string of the molecule is CCOC(=O)c1c(I)cnn1[C@@H]1CN(C(=O)OC(C)(C)C)C[C@H]1NC(=O)OC(C)(C)C. The van der Waals surface area contributed by atoms with Crippen LogP contribution < -0.4 is 5.32 Å². The number of halogens is 1. The van der Waals surface area contributed by atoms with Crippen LogP contribution in [0.25, 0.3) is 0 Å². The van der Waals surface area contributed by atoms with E-state index in [1.807, 2.05) is 22.6 Å². The fourth-order valence-corrected chi connectivity index (χ4v) is 3.69. The molecule has 10 nitrogen and oxygen atoms in total. The second-order valence-electron chi connectivity index (χ2n) is 9.21. The van der Waals surface area contributed by atoms with Crippen LogP contribution in [0.15, 0.2) is 6.20 Å². The number of nitrogens with one attached hydrogen (secondary N) is 1. The molecule has 1 aromatic rings. The number of carbonyl (C=O) groups excluding carboxylic acids is 3. The van der Waals surface area contributed by atoms with Gasteiger partial charge in [0.2, 0.25) is 0 Å². The first-order valence-corrected chi connectivity index (χ1v) is 11.2. The third-order valence-corrected chi connectivity index (χ3v) is 4.97. The second-order valence-corrected chi connectivity index (χ2v) is 10.4. The summed E-state index contributed by atoms with van der Waals surface area (Å²) in [4.78, 5) is 39.1. The van der Waals surface area contributed by atoms with Gasteiger partial charge < -0.3 is 24.4 Å². The lowest BCUT2D eigenvalue weighted by atomic mass is 10.1. The Morgan fingerprint density at radius 2 is 1.74 bits per heavy atom. The number of hydrogen-bond acceptors (Lipinski definition) is 7. The number of likely N-dealkylation sites (tertiary alicyclic amines) is 1. The van der Waals surface area contributed by atoms with Crippen LogP contribution in [-0.4, -0.2) is 69.8 Å². The number of amides is 2. The van der Waals surface area contributed by atoms with Gasteiger partial charge in [0.05, 0.1) is 28.5 Å². The molecule has 0 aromatic carbocycles. The normalized spacial score (nSPS) is 19.2. The molecule has 1 fully saturated rings. The average Bonchev–Trinajstić information content (AvgIpc) is 3.15.